The first-order valence-corrected chi connectivity index (χ1v) is 9.28. The van der Waals surface area contributed by atoms with Crippen molar-refractivity contribution in [2.75, 3.05) is 19.6 Å². The molecule has 0 aromatic heterocycles. The van der Waals surface area contributed by atoms with Crippen molar-refractivity contribution >= 4 is 10.2 Å². The zero-order valence-corrected chi connectivity index (χ0v) is 14.2. The smallest absolute Gasteiger partial charge is 0.280 e. The van der Waals surface area contributed by atoms with E-state index in [2.05, 4.69) is 17.0 Å². The van der Waals surface area contributed by atoms with Crippen LogP contribution in [-0.4, -0.2) is 43.9 Å². The highest BCUT2D eigenvalue weighted by Crippen LogP contribution is 2.21. The van der Waals surface area contributed by atoms with E-state index in [1.165, 1.54) is 0 Å². The largest absolute Gasteiger partial charge is 0.315 e. The normalized spacial score (nSPS) is 22.1. The van der Waals surface area contributed by atoms with Crippen LogP contribution < -0.4 is 10.0 Å². The van der Waals surface area contributed by atoms with Gasteiger partial charge in [-0.15, -0.1) is 0 Å². The Bertz CT molecular complexity index is 382. The summed E-state index contributed by atoms with van der Waals surface area (Å²) in [7, 11) is -3.40. The lowest BCUT2D eigenvalue weighted by Crippen LogP contribution is -2.56. The number of piperidine rings is 1. The molecular weight excluding hydrogens is 274 g/mol. The Labute approximate surface area is 124 Å². The Morgan fingerprint density at radius 1 is 1.25 bits per heavy atom. The summed E-state index contributed by atoms with van der Waals surface area (Å²) in [6.07, 6.45) is 4.86. The second kappa shape index (κ2) is 7.73. The van der Waals surface area contributed by atoms with E-state index in [0.717, 1.165) is 45.2 Å². The van der Waals surface area contributed by atoms with Crippen LogP contribution in [0.2, 0.25) is 0 Å². The molecule has 1 unspecified atom stereocenters. The Kier molecular flexibility index (Phi) is 6.91. The van der Waals surface area contributed by atoms with Gasteiger partial charge in [0.25, 0.3) is 10.2 Å². The standard InChI is InChI=1S/C14H31N3O2S/c1-5-10-15-12-13-9-7-8-11-17(13)20(18,19)16-14(3,4)6-2/h13,15-16H,5-12H2,1-4H3. The minimum absolute atomic E-state index is 0.0838. The Hall–Kier alpha value is -0.170. The van der Waals surface area contributed by atoms with Gasteiger partial charge >= 0.3 is 0 Å². The van der Waals surface area contributed by atoms with Gasteiger partial charge in [-0.3, -0.25) is 0 Å². The summed E-state index contributed by atoms with van der Waals surface area (Å²) in [5.74, 6) is 0. The van der Waals surface area contributed by atoms with E-state index in [1.54, 1.807) is 4.31 Å². The van der Waals surface area contributed by atoms with Gasteiger partial charge in [0, 0.05) is 24.7 Å². The second-order valence-electron chi connectivity index (χ2n) is 6.31. The predicted octanol–water partition coefficient (Wildman–Crippen LogP) is 1.86. The lowest BCUT2D eigenvalue weighted by atomic mass is 10.0. The van der Waals surface area contributed by atoms with Crippen LogP contribution in [0.15, 0.2) is 0 Å². The molecule has 1 aliphatic rings. The van der Waals surface area contributed by atoms with Crippen molar-refractivity contribution in [3.8, 4) is 0 Å². The van der Waals surface area contributed by atoms with Gasteiger partial charge in [0.1, 0.15) is 0 Å². The Morgan fingerprint density at radius 2 is 1.95 bits per heavy atom. The second-order valence-corrected chi connectivity index (χ2v) is 7.93. The number of hydrogen-bond donors (Lipinski definition) is 2. The van der Waals surface area contributed by atoms with Crippen LogP contribution in [-0.2, 0) is 10.2 Å². The molecule has 120 valence electrons. The molecule has 1 atom stereocenters. The molecule has 2 N–H and O–H groups in total. The van der Waals surface area contributed by atoms with E-state index in [4.69, 9.17) is 0 Å². The van der Waals surface area contributed by atoms with Gasteiger partial charge in [-0.25, -0.2) is 0 Å². The molecule has 1 heterocycles. The monoisotopic (exact) mass is 305 g/mol. The van der Waals surface area contributed by atoms with Crippen molar-refractivity contribution < 1.29 is 8.42 Å². The van der Waals surface area contributed by atoms with E-state index in [9.17, 15) is 8.42 Å². The first-order chi connectivity index (χ1) is 9.32. The molecule has 0 aromatic rings. The fourth-order valence-electron chi connectivity index (χ4n) is 2.42. The van der Waals surface area contributed by atoms with E-state index in [0.29, 0.717) is 6.54 Å². The maximum absolute atomic E-state index is 12.6. The van der Waals surface area contributed by atoms with Crippen LogP contribution in [0.5, 0.6) is 0 Å². The average molecular weight is 305 g/mol. The molecule has 1 aliphatic heterocycles. The molecule has 0 bridgehead atoms. The van der Waals surface area contributed by atoms with Gasteiger partial charge in [0.15, 0.2) is 0 Å². The molecule has 0 aliphatic carbocycles. The molecule has 0 saturated carbocycles. The van der Waals surface area contributed by atoms with Gasteiger partial charge in [-0.1, -0.05) is 20.3 Å². The van der Waals surface area contributed by atoms with E-state index in [1.807, 2.05) is 20.8 Å². The minimum atomic E-state index is -3.40. The van der Waals surface area contributed by atoms with Gasteiger partial charge in [0.2, 0.25) is 0 Å². The summed E-state index contributed by atoms with van der Waals surface area (Å²) in [6, 6.07) is 0.0838. The van der Waals surface area contributed by atoms with E-state index in [-0.39, 0.29) is 6.04 Å². The number of rotatable bonds is 8. The van der Waals surface area contributed by atoms with Crippen molar-refractivity contribution in [3.05, 3.63) is 0 Å². The highest BCUT2D eigenvalue weighted by molar-refractivity contribution is 7.87. The molecule has 6 heteroatoms. The van der Waals surface area contributed by atoms with Crippen LogP contribution in [0.4, 0.5) is 0 Å². The first-order valence-electron chi connectivity index (χ1n) is 7.84. The van der Waals surface area contributed by atoms with Crippen molar-refractivity contribution in [1.29, 1.82) is 0 Å². The number of nitrogens with one attached hydrogen (secondary N) is 2. The molecule has 0 amide bonds. The SMILES string of the molecule is CCCNCC1CCCCN1S(=O)(=O)NC(C)(C)CC. The summed E-state index contributed by atoms with van der Waals surface area (Å²) < 4.78 is 29.7. The fraction of sp³-hybridized carbons (Fsp3) is 1.00. The Balaban J connectivity index is 2.72. The van der Waals surface area contributed by atoms with Gasteiger partial charge in [0.05, 0.1) is 0 Å². The van der Waals surface area contributed by atoms with Crippen molar-refractivity contribution in [3.63, 3.8) is 0 Å². The maximum atomic E-state index is 12.6. The van der Waals surface area contributed by atoms with Crippen LogP contribution in [0.1, 0.15) is 59.8 Å². The van der Waals surface area contributed by atoms with Gasteiger partial charge < -0.3 is 5.32 Å². The summed E-state index contributed by atoms with van der Waals surface area (Å²) in [5.41, 5.74) is -0.391. The molecule has 1 fully saturated rings. The van der Waals surface area contributed by atoms with Crippen molar-refractivity contribution in [2.24, 2.45) is 0 Å². The van der Waals surface area contributed by atoms with Gasteiger partial charge in [-0.05, 0) is 46.1 Å². The zero-order valence-electron chi connectivity index (χ0n) is 13.4. The van der Waals surface area contributed by atoms with Crippen molar-refractivity contribution in [1.82, 2.24) is 14.3 Å². The molecule has 20 heavy (non-hydrogen) atoms. The first kappa shape index (κ1) is 17.9. The van der Waals surface area contributed by atoms with Crippen LogP contribution >= 0.6 is 0 Å². The van der Waals surface area contributed by atoms with E-state index < -0.39 is 15.7 Å². The molecule has 5 nitrogen and oxygen atoms in total. The van der Waals surface area contributed by atoms with E-state index >= 15 is 0 Å². The fourth-order valence-corrected chi connectivity index (χ4v) is 4.32. The lowest BCUT2D eigenvalue weighted by molar-refractivity contribution is 0.238. The summed E-state index contributed by atoms with van der Waals surface area (Å²) in [6.45, 7) is 10.3. The number of nitrogens with zero attached hydrogens (tertiary/aromatic N) is 1. The van der Waals surface area contributed by atoms with Crippen LogP contribution in [0.25, 0.3) is 0 Å². The minimum Gasteiger partial charge on any atom is -0.315 e. The third-order valence-electron chi connectivity index (χ3n) is 3.98. The summed E-state index contributed by atoms with van der Waals surface area (Å²) in [5, 5.41) is 3.35. The molecule has 0 spiro atoms. The lowest BCUT2D eigenvalue weighted by Gasteiger charge is -2.37. The molecule has 1 rings (SSSR count). The molecular formula is C14H31N3O2S. The van der Waals surface area contributed by atoms with Crippen molar-refractivity contribution in [2.45, 2.75) is 71.4 Å². The Morgan fingerprint density at radius 3 is 2.55 bits per heavy atom. The highest BCUT2D eigenvalue weighted by atomic mass is 32.2. The quantitative estimate of drug-likeness (QED) is 0.673. The third-order valence-corrected chi connectivity index (χ3v) is 5.89. The molecule has 0 aromatic carbocycles. The molecule has 1 saturated heterocycles. The van der Waals surface area contributed by atoms with Gasteiger partial charge in [-0.2, -0.15) is 17.4 Å². The summed E-state index contributed by atoms with van der Waals surface area (Å²) >= 11 is 0. The predicted molar refractivity (Wildman–Crippen MR) is 83.9 cm³/mol. The number of hydrogen-bond acceptors (Lipinski definition) is 3. The highest BCUT2D eigenvalue weighted by Gasteiger charge is 2.34. The average Bonchev–Trinajstić information content (AvgIpc) is 2.38. The zero-order chi connectivity index (χ0) is 15.2. The third kappa shape index (κ3) is 5.31. The summed E-state index contributed by atoms with van der Waals surface area (Å²) in [4.78, 5) is 0. The van der Waals surface area contributed by atoms with Crippen LogP contribution in [0, 0.1) is 0 Å². The van der Waals surface area contributed by atoms with Crippen LogP contribution in [0.3, 0.4) is 0 Å². The maximum Gasteiger partial charge on any atom is 0.280 e. The molecule has 0 radical (unpaired) electrons. The topological polar surface area (TPSA) is 61.4 Å².